The molecule has 7 nitrogen and oxygen atoms in total. The van der Waals surface area contributed by atoms with Crippen LogP contribution in [0.5, 0.6) is 0 Å². The van der Waals surface area contributed by atoms with Gasteiger partial charge in [-0.25, -0.2) is 4.39 Å². The summed E-state index contributed by atoms with van der Waals surface area (Å²) in [6, 6.07) is 16.2. The van der Waals surface area contributed by atoms with Gasteiger partial charge < -0.3 is 22.1 Å². The zero-order chi connectivity index (χ0) is 27.3. The normalized spacial score (nSPS) is 17.1. The predicted molar refractivity (Wildman–Crippen MR) is 149 cm³/mol. The summed E-state index contributed by atoms with van der Waals surface area (Å²) < 4.78 is 14.3. The lowest BCUT2D eigenvalue weighted by Gasteiger charge is -2.40. The van der Waals surface area contributed by atoms with Crippen LogP contribution in [0.2, 0.25) is 0 Å². The van der Waals surface area contributed by atoms with Gasteiger partial charge >= 0.3 is 0 Å². The molecule has 0 bridgehead atoms. The van der Waals surface area contributed by atoms with E-state index in [2.05, 4.69) is 27.7 Å². The second kappa shape index (κ2) is 11.4. The van der Waals surface area contributed by atoms with Gasteiger partial charge in [0.05, 0.1) is 18.2 Å². The lowest BCUT2D eigenvalue weighted by Crippen LogP contribution is -2.59. The van der Waals surface area contributed by atoms with Gasteiger partial charge in [-0.15, -0.1) is 0 Å². The number of nitrogens with one attached hydrogen (secondary N) is 2. The van der Waals surface area contributed by atoms with E-state index in [9.17, 15) is 14.0 Å². The molecule has 0 saturated carbocycles. The van der Waals surface area contributed by atoms with Gasteiger partial charge in [-0.3, -0.25) is 14.5 Å². The molecule has 0 radical (unpaired) electrons. The number of nitrogens with two attached hydrogens (primary N) is 2. The third-order valence-corrected chi connectivity index (χ3v) is 7.41. The van der Waals surface area contributed by atoms with Crippen molar-refractivity contribution in [2.24, 2.45) is 11.5 Å². The highest BCUT2D eigenvalue weighted by Gasteiger charge is 2.48. The van der Waals surface area contributed by atoms with Crippen molar-refractivity contribution in [2.45, 2.75) is 50.2 Å². The van der Waals surface area contributed by atoms with Crippen LogP contribution in [0.4, 0.5) is 4.39 Å². The fourth-order valence-corrected chi connectivity index (χ4v) is 5.54. The number of alkyl halides is 1. The lowest BCUT2D eigenvalue weighted by atomic mass is 9.73. The van der Waals surface area contributed by atoms with E-state index in [0.717, 1.165) is 54.7 Å². The molecule has 2 amide bonds. The smallest absolute Gasteiger partial charge is 0.253 e. The van der Waals surface area contributed by atoms with Crippen LogP contribution in [0.15, 0.2) is 72.6 Å². The number of amides is 2. The van der Waals surface area contributed by atoms with Crippen molar-refractivity contribution in [1.29, 1.82) is 0 Å². The number of halogens is 1. The van der Waals surface area contributed by atoms with Crippen LogP contribution in [0.25, 0.3) is 11.1 Å². The van der Waals surface area contributed by atoms with Gasteiger partial charge in [0, 0.05) is 19.3 Å². The monoisotopic (exact) mass is 519 g/mol. The first-order chi connectivity index (χ1) is 18.2. The minimum Gasteiger partial charge on any atom is -0.405 e. The van der Waals surface area contributed by atoms with E-state index in [1.165, 1.54) is 32.3 Å². The minimum atomic E-state index is -1.50. The Morgan fingerprint density at radius 1 is 1.05 bits per heavy atom. The van der Waals surface area contributed by atoms with Crippen LogP contribution in [-0.2, 0) is 15.0 Å². The minimum absolute atomic E-state index is 0.0407. The van der Waals surface area contributed by atoms with Crippen LogP contribution < -0.4 is 22.1 Å². The number of unbranched alkanes of at least 4 members (excludes halogenated alkanes) is 1. The zero-order valence-corrected chi connectivity index (χ0v) is 22.2. The largest absolute Gasteiger partial charge is 0.405 e. The molecule has 1 fully saturated rings. The summed E-state index contributed by atoms with van der Waals surface area (Å²) in [5, 5.41) is 5.88. The number of benzene rings is 2. The van der Waals surface area contributed by atoms with E-state index in [1.807, 2.05) is 36.4 Å². The summed E-state index contributed by atoms with van der Waals surface area (Å²) in [6.45, 7) is 5.30. The topological polar surface area (TPSA) is 113 Å². The molecular weight excluding hydrogens is 481 g/mol. The van der Waals surface area contributed by atoms with Crippen LogP contribution in [0.1, 0.15) is 44.2 Å². The average molecular weight is 520 g/mol. The molecule has 2 aromatic carbocycles. The number of hydrogen-bond acceptors (Lipinski definition) is 5. The number of carbonyl (C=O) groups is 2. The number of fused-ring (bicyclic) bond motifs is 3. The Kier molecular flexibility index (Phi) is 8.21. The molecule has 1 aliphatic heterocycles. The van der Waals surface area contributed by atoms with Crippen molar-refractivity contribution in [2.75, 3.05) is 26.2 Å². The molecule has 1 aliphatic carbocycles. The third-order valence-electron chi connectivity index (χ3n) is 7.41. The van der Waals surface area contributed by atoms with Crippen molar-refractivity contribution >= 4 is 11.8 Å². The fraction of sp³-hybridized carbons (Fsp3) is 0.400. The number of nitrogens with zero attached hydrogens (tertiary/aromatic N) is 1. The van der Waals surface area contributed by atoms with Crippen molar-refractivity contribution < 1.29 is 14.0 Å². The highest BCUT2D eigenvalue weighted by Crippen LogP contribution is 2.51. The van der Waals surface area contributed by atoms with Gasteiger partial charge in [0.15, 0.2) is 0 Å². The van der Waals surface area contributed by atoms with Gasteiger partial charge in [0.2, 0.25) is 5.91 Å². The SMILES string of the molecule is CC(C)(F)CNC(=O)C1(CCCCN2CC(NC(=O)C(/C=C\N)=C/N)C2)c2ccccc2-c2ccccc21. The fourth-order valence-electron chi connectivity index (χ4n) is 5.54. The van der Waals surface area contributed by atoms with Gasteiger partial charge in [0.1, 0.15) is 11.1 Å². The van der Waals surface area contributed by atoms with Crippen molar-refractivity contribution in [3.05, 3.63) is 83.7 Å². The Balaban J connectivity index is 1.41. The van der Waals surface area contributed by atoms with Crippen LogP contribution in [0.3, 0.4) is 0 Å². The maximum Gasteiger partial charge on any atom is 0.253 e. The molecule has 2 aromatic rings. The molecule has 202 valence electrons. The second-order valence-corrected chi connectivity index (χ2v) is 10.8. The predicted octanol–water partition coefficient (Wildman–Crippen LogP) is 3.10. The number of likely N-dealkylation sites (tertiary alicyclic amines) is 1. The molecule has 1 saturated heterocycles. The zero-order valence-electron chi connectivity index (χ0n) is 22.2. The first-order valence-corrected chi connectivity index (χ1v) is 13.2. The Morgan fingerprint density at radius 3 is 2.21 bits per heavy atom. The molecule has 0 unspecified atom stereocenters. The van der Waals surface area contributed by atoms with Crippen molar-refractivity contribution in [3.63, 3.8) is 0 Å². The molecule has 0 atom stereocenters. The average Bonchev–Trinajstić information content (AvgIpc) is 3.16. The molecule has 4 rings (SSSR count). The third kappa shape index (κ3) is 5.60. The van der Waals surface area contributed by atoms with Crippen LogP contribution in [0, 0.1) is 0 Å². The van der Waals surface area contributed by atoms with E-state index >= 15 is 0 Å². The molecule has 8 heteroatoms. The first-order valence-electron chi connectivity index (χ1n) is 13.2. The summed E-state index contributed by atoms with van der Waals surface area (Å²) in [4.78, 5) is 28.4. The maximum atomic E-state index is 14.3. The molecule has 0 spiro atoms. The second-order valence-electron chi connectivity index (χ2n) is 10.8. The molecule has 38 heavy (non-hydrogen) atoms. The Bertz CT molecular complexity index is 1180. The van der Waals surface area contributed by atoms with Crippen LogP contribution in [-0.4, -0.2) is 54.6 Å². The summed E-state index contributed by atoms with van der Waals surface area (Å²) >= 11 is 0. The summed E-state index contributed by atoms with van der Waals surface area (Å²) in [5.41, 5.74) is 12.9. The molecular formula is C30H38FN5O2. The summed E-state index contributed by atoms with van der Waals surface area (Å²) in [6.07, 6.45) is 6.37. The van der Waals surface area contributed by atoms with E-state index in [-0.39, 0.29) is 24.4 Å². The van der Waals surface area contributed by atoms with Crippen LogP contribution >= 0.6 is 0 Å². The Labute approximate surface area is 224 Å². The van der Waals surface area contributed by atoms with E-state index in [4.69, 9.17) is 11.5 Å². The lowest BCUT2D eigenvalue weighted by molar-refractivity contribution is -0.126. The highest BCUT2D eigenvalue weighted by atomic mass is 19.1. The molecule has 0 aromatic heterocycles. The quantitative estimate of drug-likeness (QED) is 0.207. The summed E-state index contributed by atoms with van der Waals surface area (Å²) in [7, 11) is 0. The molecule has 1 heterocycles. The standard InChI is InChI=1S/C30H38FN5O2/c1-29(2,31)20-34-28(38)30(25-11-5-3-9-23(25)24-10-4-6-12-26(24)30)14-7-8-16-36-18-22(19-36)35-27(37)21(17-33)13-15-32/h3-6,9-13,15,17,22H,7-8,14,16,18-20,32-33H2,1-2H3,(H,34,38)(H,35,37)/b15-13-,21-17+. The summed E-state index contributed by atoms with van der Waals surface area (Å²) in [5.74, 6) is -0.385. The van der Waals surface area contributed by atoms with E-state index in [0.29, 0.717) is 12.0 Å². The van der Waals surface area contributed by atoms with Gasteiger partial charge in [-0.05, 0) is 67.8 Å². The van der Waals surface area contributed by atoms with E-state index < -0.39 is 11.1 Å². The first kappa shape index (κ1) is 27.4. The van der Waals surface area contributed by atoms with Gasteiger partial charge in [0.25, 0.3) is 5.91 Å². The van der Waals surface area contributed by atoms with E-state index in [1.54, 1.807) is 0 Å². The highest BCUT2D eigenvalue weighted by molar-refractivity contribution is 6.00. The van der Waals surface area contributed by atoms with Crippen molar-refractivity contribution in [1.82, 2.24) is 15.5 Å². The number of rotatable bonds is 11. The van der Waals surface area contributed by atoms with Crippen molar-refractivity contribution in [3.8, 4) is 11.1 Å². The Hall–Kier alpha value is -3.65. The molecule has 6 N–H and O–H groups in total. The van der Waals surface area contributed by atoms with Gasteiger partial charge in [-0.2, -0.15) is 0 Å². The Morgan fingerprint density at radius 2 is 1.66 bits per heavy atom. The number of hydrogen-bond donors (Lipinski definition) is 4. The number of carbonyl (C=O) groups excluding carboxylic acids is 2. The van der Waals surface area contributed by atoms with Gasteiger partial charge in [-0.1, -0.05) is 55.0 Å². The maximum absolute atomic E-state index is 14.3. The molecule has 2 aliphatic rings.